The fourth-order valence-corrected chi connectivity index (χ4v) is 2.97. The third kappa shape index (κ3) is 4.94. The van der Waals surface area contributed by atoms with Gasteiger partial charge in [0.15, 0.2) is 0 Å². The molecule has 1 aromatic carbocycles. The fourth-order valence-electron chi connectivity index (χ4n) is 2.97. The number of amides is 1. The van der Waals surface area contributed by atoms with Crippen molar-refractivity contribution in [2.24, 2.45) is 0 Å². The summed E-state index contributed by atoms with van der Waals surface area (Å²) in [5.74, 6) is 0.394. The molecule has 0 atom stereocenters. The summed E-state index contributed by atoms with van der Waals surface area (Å²) in [4.78, 5) is 23.0. The number of piperidine rings is 1. The van der Waals surface area contributed by atoms with Crippen molar-refractivity contribution in [1.29, 1.82) is 0 Å². The Labute approximate surface area is 155 Å². The number of nitrogens with one attached hydrogen (secondary N) is 2. The van der Waals surface area contributed by atoms with Crippen molar-refractivity contribution < 1.29 is 4.79 Å². The highest BCUT2D eigenvalue weighted by Crippen LogP contribution is 2.23. The van der Waals surface area contributed by atoms with Gasteiger partial charge in [-0.05, 0) is 64.3 Å². The lowest BCUT2D eigenvalue weighted by Gasteiger charge is -2.28. The molecule has 1 fully saturated rings. The minimum Gasteiger partial charge on any atom is -0.372 e. The van der Waals surface area contributed by atoms with Crippen LogP contribution in [-0.2, 0) is 0 Å². The maximum atomic E-state index is 12.1. The second-order valence-electron chi connectivity index (χ2n) is 7.71. The van der Waals surface area contributed by atoms with Crippen LogP contribution in [-0.4, -0.2) is 34.5 Å². The molecule has 0 bridgehead atoms. The van der Waals surface area contributed by atoms with E-state index in [1.165, 1.54) is 31.1 Å². The molecule has 0 spiro atoms. The molecule has 1 aromatic heterocycles. The van der Waals surface area contributed by atoms with Gasteiger partial charge in [0.1, 0.15) is 11.5 Å². The topological polar surface area (TPSA) is 70.2 Å². The van der Waals surface area contributed by atoms with E-state index in [1.807, 2.05) is 32.9 Å². The molecule has 2 heterocycles. The minimum absolute atomic E-state index is 0.220. The summed E-state index contributed by atoms with van der Waals surface area (Å²) in [7, 11) is 0. The van der Waals surface area contributed by atoms with Crippen LogP contribution in [0.4, 0.5) is 17.2 Å². The van der Waals surface area contributed by atoms with Crippen LogP contribution >= 0.6 is 0 Å². The molecule has 26 heavy (non-hydrogen) atoms. The third-order valence-electron chi connectivity index (χ3n) is 4.23. The van der Waals surface area contributed by atoms with Crippen LogP contribution in [0.25, 0.3) is 0 Å². The lowest BCUT2D eigenvalue weighted by atomic mass is 10.1. The van der Waals surface area contributed by atoms with Gasteiger partial charge in [-0.3, -0.25) is 4.79 Å². The number of rotatable bonds is 4. The van der Waals surface area contributed by atoms with Gasteiger partial charge in [0.05, 0.1) is 12.4 Å². The highest BCUT2D eigenvalue weighted by Gasteiger charge is 2.16. The van der Waals surface area contributed by atoms with E-state index in [1.54, 1.807) is 6.20 Å². The molecule has 1 amide bonds. The Kier molecular flexibility index (Phi) is 5.40. The number of anilines is 3. The predicted octanol–water partition coefficient (Wildman–Crippen LogP) is 3.74. The Balaban J connectivity index is 1.61. The average Bonchev–Trinajstić information content (AvgIpc) is 2.62. The summed E-state index contributed by atoms with van der Waals surface area (Å²) in [6.07, 6.45) is 6.94. The fraction of sp³-hybridized carbons (Fsp3) is 0.450. The van der Waals surface area contributed by atoms with Gasteiger partial charge < -0.3 is 15.5 Å². The third-order valence-corrected chi connectivity index (χ3v) is 4.23. The zero-order valence-electron chi connectivity index (χ0n) is 15.7. The van der Waals surface area contributed by atoms with E-state index in [9.17, 15) is 4.79 Å². The van der Waals surface area contributed by atoms with E-state index in [0.717, 1.165) is 18.8 Å². The number of benzene rings is 1. The molecule has 2 aromatic rings. The first kappa shape index (κ1) is 18.2. The first-order valence-corrected chi connectivity index (χ1v) is 9.17. The number of carbonyl (C=O) groups excluding carboxylic acids is 1. The first-order valence-electron chi connectivity index (χ1n) is 9.17. The summed E-state index contributed by atoms with van der Waals surface area (Å²) >= 11 is 0. The first-order chi connectivity index (χ1) is 12.4. The molecule has 2 N–H and O–H groups in total. The highest BCUT2D eigenvalue weighted by molar-refractivity contribution is 5.92. The summed E-state index contributed by atoms with van der Waals surface area (Å²) in [5, 5.41) is 6.10. The Hall–Kier alpha value is -2.63. The number of hydrogen-bond acceptors (Lipinski definition) is 5. The molecule has 138 valence electrons. The molecule has 1 aliphatic rings. The van der Waals surface area contributed by atoms with Crippen molar-refractivity contribution in [3.8, 4) is 0 Å². The molecular weight excluding hydrogens is 326 g/mol. The van der Waals surface area contributed by atoms with Crippen LogP contribution in [0.3, 0.4) is 0 Å². The lowest BCUT2D eigenvalue weighted by Crippen LogP contribution is -2.40. The van der Waals surface area contributed by atoms with E-state index in [0.29, 0.717) is 11.5 Å². The second kappa shape index (κ2) is 7.72. The molecule has 0 unspecified atom stereocenters. The van der Waals surface area contributed by atoms with E-state index in [-0.39, 0.29) is 11.4 Å². The van der Waals surface area contributed by atoms with Crippen LogP contribution in [0.5, 0.6) is 0 Å². The van der Waals surface area contributed by atoms with Crippen molar-refractivity contribution in [3.05, 3.63) is 42.4 Å². The van der Waals surface area contributed by atoms with Crippen molar-refractivity contribution in [2.45, 2.75) is 45.6 Å². The molecule has 0 radical (unpaired) electrons. The van der Waals surface area contributed by atoms with Crippen LogP contribution < -0.4 is 15.5 Å². The van der Waals surface area contributed by atoms with E-state index in [2.05, 4.69) is 37.6 Å². The second-order valence-corrected chi connectivity index (χ2v) is 7.71. The van der Waals surface area contributed by atoms with E-state index >= 15 is 0 Å². The van der Waals surface area contributed by atoms with Gasteiger partial charge in [0, 0.05) is 30.0 Å². The molecule has 3 rings (SSSR count). The number of carbonyl (C=O) groups is 1. The molecule has 6 heteroatoms. The quantitative estimate of drug-likeness (QED) is 0.876. The minimum atomic E-state index is -0.300. The zero-order chi connectivity index (χ0) is 18.6. The van der Waals surface area contributed by atoms with Crippen LogP contribution in [0.1, 0.15) is 50.5 Å². The van der Waals surface area contributed by atoms with Gasteiger partial charge in [-0.2, -0.15) is 0 Å². The van der Waals surface area contributed by atoms with Gasteiger partial charge >= 0.3 is 0 Å². The Bertz CT molecular complexity index is 728. The summed E-state index contributed by atoms with van der Waals surface area (Å²) in [6, 6.07) is 8.36. The zero-order valence-corrected chi connectivity index (χ0v) is 15.7. The monoisotopic (exact) mass is 353 g/mol. The van der Waals surface area contributed by atoms with Crippen LogP contribution in [0, 0.1) is 0 Å². The maximum absolute atomic E-state index is 12.1. The van der Waals surface area contributed by atoms with E-state index in [4.69, 9.17) is 0 Å². The number of nitrogens with zero attached hydrogens (tertiary/aromatic N) is 3. The van der Waals surface area contributed by atoms with Gasteiger partial charge in [-0.15, -0.1) is 0 Å². The molecule has 0 saturated carbocycles. The number of hydrogen-bond donors (Lipinski definition) is 2. The largest absolute Gasteiger partial charge is 0.372 e. The maximum Gasteiger partial charge on any atom is 0.271 e. The molecular formula is C20H27N5O. The SMILES string of the molecule is CC(C)(C)NC(=O)c1cnc(Nc2ccc(N3CCCCC3)cc2)cn1. The van der Waals surface area contributed by atoms with Crippen LogP contribution in [0.2, 0.25) is 0 Å². The molecule has 0 aliphatic carbocycles. The number of aromatic nitrogens is 2. The lowest BCUT2D eigenvalue weighted by molar-refractivity contribution is 0.0914. The average molecular weight is 353 g/mol. The molecule has 1 saturated heterocycles. The predicted molar refractivity (Wildman–Crippen MR) is 105 cm³/mol. The molecule has 6 nitrogen and oxygen atoms in total. The van der Waals surface area contributed by atoms with Gasteiger partial charge in [-0.25, -0.2) is 9.97 Å². The van der Waals surface area contributed by atoms with E-state index < -0.39 is 0 Å². The normalized spacial score (nSPS) is 14.8. The summed E-state index contributed by atoms with van der Waals surface area (Å²) < 4.78 is 0. The Morgan fingerprint density at radius 3 is 2.27 bits per heavy atom. The summed E-state index contributed by atoms with van der Waals surface area (Å²) in [6.45, 7) is 8.07. The molecule has 1 aliphatic heterocycles. The smallest absolute Gasteiger partial charge is 0.271 e. The Morgan fingerprint density at radius 1 is 1.00 bits per heavy atom. The van der Waals surface area contributed by atoms with Gasteiger partial charge in [0.2, 0.25) is 0 Å². The van der Waals surface area contributed by atoms with Crippen molar-refractivity contribution in [2.75, 3.05) is 23.3 Å². The van der Waals surface area contributed by atoms with Gasteiger partial charge in [0.25, 0.3) is 5.91 Å². The van der Waals surface area contributed by atoms with Crippen molar-refractivity contribution in [1.82, 2.24) is 15.3 Å². The highest BCUT2D eigenvalue weighted by atomic mass is 16.2. The standard InChI is InChI=1S/C20H27N5O/c1-20(2,3)24-19(26)17-13-22-18(14-21-17)23-15-7-9-16(10-8-15)25-11-5-4-6-12-25/h7-10,13-14H,4-6,11-12H2,1-3H3,(H,22,23)(H,24,26). The van der Waals surface area contributed by atoms with Crippen molar-refractivity contribution in [3.63, 3.8) is 0 Å². The Morgan fingerprint density at radius 2 is 1.69 bits per heavy atom. The van der Waals surface area contributed by atoms with Crippen molar-refractivity contribution >= 4 is 23.1 Å². The van der Waals surface area contributed by atoms with Crippen LogP contribution in [0.15, 0.2) is 36.7 Å². The summed E-state index contributed by atoms with van der Waals surface area (Å²) in [5.41, 5.74) is 2.22. The van der Waals surface area contributed by atoms with Gasteiger partial charge in [-0.1, -0.05) is 0 Å².